The van der Waals surface area contributed by atoms with Crippen LogP contribution in [0.2, 0.25) is 0 Å². The molecular weight excluding hydrogens is 202 g/mol. The molecule has 1 amide bonds. The van der Waals surface area contributed by atoms with Crippen molar-refractivity contribution in [2.75, 3.05) is 0 Å². The average Bonchev–Trinajstić information content (AvgIpc) is 2.16. The lowest BCUT2D eigenvalue weighted by atomic mass is 10.1. The lowest BCUT2D eigenvalue weighted by Crippen LogP contribution is -2.27. The quantitative estimate of drug-likeness (QED) is 0.821. The summed E-state index contributed by atoms with van der Waals surface area (Å²) in [5.41, 5.74) is 0.995. The third-order valence-electron chi connectivity index (χ3n) is 2.36. The summed E-state index contributed by atoms with van der Waals surface area (Å²) in [7, 11) is 0. The zero-order valence-electron chi connectivity index (χ0n) is 10.0. The van der Waals surface area contributed by atoms with Crippen LogP contribution in [-0.4, -0.2) is 11.0 Å². The van der Waals surface area contributed by atoms with Crippen LogP contribution in [0, 0.1) is 5.92 Å². The lowest BCUT2D eigenvalue weighted by Gasteiger charge is -2.15. The Morgan fingerprint density at radius 2 is 1.81 bits per heavy atom. The van der Waals surface area contributed by atoms with Crippen LogP contribution in [0.4, 0.5) is 0 Å². The number of nitrogens with one attached hydrogen (secondary N) is 1. The monoisotopic (exact) mass is 221 g/mol. The highest BCUT2D eigenvalue weighted by Crippen LogP contribution is 2.16. The summed E-state index contributed by atoms with van der Waals surface area (Å²) in [6.07, 6.45) is 0.544. The van der Waals surface area contributed by atoms with E-state index in [1.165, 1.54) is 0 Å². The molecule has 0 aliphatic carbocycles. The molecule has 1 aromatic carbocycles. The van der Waals surface area contributed by atoms with Gasteiger partial charge in [0.1, 0.15) is 5.75 Å². The molecule has 0 heterocycles. The molecule has 0 bridgehead atoms. The fraction of sp³-hybridized carbons (Fsp3) is 0.462. The van der Waals surface area contributed by atoms with Gasteiger partial charge < -0.3 is 10.4 Å². The lowest BCUT2D eigenvalue weighted by molar-refractivity contribution is -0.122. The number of phenols is 1. The second-order valence-corrected chi connectivity index (χ2v) is 4.48. The molecule has 3 heteroatoms. The molecule has 0 aliphatic heterocycles. The number of phenolic OH excluding ortho intramolecular Hbond substituents is 1. The highest BCUT2D eigenvalue weighted by Gasteiger charge is 2.10. The fourth-order valence-electron chi connectivity index (χ4n) is 1.52. The third-order valence-corrected chi connectivity index (χ3v) is 2.36. The van der Waals surface area contributed by atoms with Gasteiger partial charge in [-0.05, 0) is 30.5 Å². The SMILES string of the molecule is CC(C)CC(=O)NC(C)c1ccc(O)cc1. The standard InChI is InChI=1S/C13H19NO2/c1-9(2)8-13(16)14-10(3)11-4-6-12(15)7-5-11/h4-7,9-10,15H,8H2,1-3H3,(H,14,16). The molecule has 1 aromatic rings. The second kappa shape index (κ2) is 5.54. The maximum atomic E-state index is 11.5. The molecule has 16 heavy (non-hydrogen) atoms. The summed E-state index contributed by atoms with van der Waals surface area (Å²) < 4.78 is 0. The number of rotatable bonds is 4. The first-order valence-corrected chi connectivity index (χ1v) is 5.57. The van der Waals surface area contributed by atoms with Gasteiger partial charge in [0, 0.05) is 6.42 Å². The van der Waals surface area contributed by atoms with Gasteiger partial charge in [-0.2, -0.15) is 0 Å². The Hall–Kier alpha value is -1.51. The number of hydrogen-bond donors (Lipinski definition) is 2. The van der Waals surface area contributed by atoms with Gasteiger partial charge in [-0.25, -0.2) is 0 Å². The molecule has 0 saturated heterocycles. The van der Waals surface area contributed by atoms with Gasteiger partial charge in [-0.1, -0.05) is 26.0 Å². The largest absolute Gasteiger partial charge is 0.508 e. The highest BCUT2D eigenvalue weighted by atomic mass is 16.3. The number of carbonyl (C=O) groups excluding carboxylic acids is 1. The van der Waals surface area contributed by atoms with Crippen molar-refractivity contribution in [3.63, 3.8) is 0 Å². The van der Waals surface area contributed by atoms with Crippen LogP contribution >= 0.6 is 0 Å². The summed E-state index contributed by atoms with van der Waals surface area (Å²) in [6, 6.07) is 6.86. The summed E-state index contributed by atoms with van der Waals surface area (Å²) in [6.45, 7) is 5.97. The molecule has 1 unspecified atom stereocenters. The first-order valence-electron chi connectivity index (χ1n) is 5.57. The summed E-state index contributed by atoms with van der Waals surface area (Å²) in [4.78, 5) is 11.5. The van der Waals surface area contributed by atoms with E-state index in [2.05, 4.69) is 5.32 Å². The minimum absolute atomic E-state index is 0.0214. The molecular formula is C13H19NO2. The van der Waals surface area contributed by atoms with Crippen LogP contribution in [0.1, 0.15) is 38.8 Å². The second-order valence-electron chi connectivity index (χ2n) is 4.48. The highest BCUT2D eigenvalue weighted by molar-refractivity contribution is 5.76. The van der Waals surface area contributed by atoms with Crippen molar-refractivity contribution in [3.05, 3.63) is 29.8 Å². The Labute approximate surface area is 96.5 Å². The van der Waals surface area contributed by atoms with Gasteiger partial charge in [-0.15, -0.1) is 0 Å². The van der Waals surface area contributed by atoms with Gasteiger partial charge in [0.05, 0.1) is 6.04 Å². The van der Waals surface area contributed by atoms with Crippen molar-refractivity contribution in [1.29, 1.82) is 0 Å². The first kappa shape index (κ1) is 12.6. The number of amides is 1. The van der Waals surface area contributed by atoms with Gasteiger partial charge in [0.15, 0.2) is 0 Å². The van der Waals surface area contributed by atoms with E-state index < -0.39 is 0 Å². The van der Waals surface area contributed by atoms with E-state index in [-0.39, 0.29) is 17.7 Å². The van der Waals surface area contributed by atoms with Crippen LogP contribution in [0.25, 0.3) is 0 Å². The van der Waals surface area contributed by atoms with Gasteiger partial charge >= 0.3 is 0 Å². The molecule has 2 N–H and O–H groups in total. The average molecular weight is 221 g/mol. The summed E-state index contributed by atoms with van der Waals surface area (Å²) in [5, 5.41) is 12.1. The molecule has 0 spiro atoms. The molecule has 0 aromatic heterocycles. The van der Waals surface area contributed by atoms with Crippen LogP contribution < -0.4 is 5.32 Å². The van der Waals surface area contributed by atoms with Crippen molar-refractivity contribution in [2.45, 2.75) is 33.2 Å². The van der Waals surface area contributed by atoms with E-state index in [0.29, 0.717) is 12.3 Å². The van der Waals surface area contributed by atoms with E-state index in [4.69, 9.17) is 5.11 Å². The van der Waals surface area contributed by atoms with Crippen LogP contribution in [0.3, 0.4) is 0 Å². The minimum Gasteiger partial charge on any atom is -0.508 e. The van der Waals surface area contributed by atoms with Crippen molar-refractivity contribution >= 4 is 5.91 Å². The van der Waals surface area contributed by atoms with Crippen molar-refractivity contribution in [3.8, 4) is 5.75 Å². The maximum Gasteiger partial charge on any atom is 0.220 e. The predicted molar refractivity (Wildman–Crippen MR) is 64.1 cm³/mol. The Morgan fingerprint density at radius 3 is 2.31 bits per heavy atom. The van der Waals surface area contributed by atoms with Crippen LogP contribution in [0.5, 0.6) is 5.75 Å². The summed E-state index contributed by atoms with van der Waals surface area (Å²) >= 11 is 0. The molecule has 0 aliphatic rings. The Balaban J connectivity index is 2.55. The molecule has 1 atom stereocenters. The smallest absolute Gasteiger partial charge is 0.220 e. The molecule has 0 saturated carbocycles. The Kier molecular flexibility index (Phi) is 4.35. The van der Waals surface area contributed by atoms with Crippen LogP contribution in [0.15, 0.2) is 24.3 Å². The minimum atomic E-state index is -0.0214. The van der Waals surface area contributed by atoms with E-state index in [9.17, 15) is 4.79 Å². The van der Waals surface area contributed by atoms with Crippen molar-refractivity contribution in [1.82, 2.24) is 5.32 Å². The molecule has 3 nitrogen and oxygen atoms in total. The number of aromatic hydroxyl groups is 1. The number of benzene rings is 1. The predicted octanol–water partition coefficient (Wildman–Crippen LogP) is 2.62. The van der Waals surface area contributed by atoms with E-state index in [1.807, 2.05) is 32.9 Å². The topological polar surface area (TPSA) is 49.3 Å². The van der Waals surface area contributed by atoms with E-state index in [0.717, 1.165) is 5.56 Å². The van der Waals surface area contributed by atoms with Crippen molar-refractivity contribution < 1.29 is 9.90 Å². The zero-order valence-corrected chi connectivity index (χ0v) is 10.0. The number of carbonyl (C=O) groups is 1. The third kappa shape index (κ3) is 3.93. The van der Waals surface area contributed by atoms with Crippen molar-refractivity contribution in [2.24, 2.45) is 5.92 Å². The molecule has 0 radical (unpaired) electrons. The van der Waals surface area contributed by atoms with Gasteiger partial charge in [0.2, 0.25) is 5.91 Å². The number of hydrogen-bond acceptors (Lipinski definition) is 2. The Morgan fingerprint density at radius 1 is 1.25 bits per heavy atom. The first-order chi connectivity index (χ1) is 7.49. The van der Waals surface area contributed by atoms with Gasteiger partial charge in [-0.3, -0.25) is 4.79 Å². The van der Waals surface area contributed by atoms with E-state index >= 15 is 0 Å². The van der Waals surface area contributed by atoms with Crippen LogP contribution in [-0.2, 0) is 4.79 Å². The molecule has 1 rings (SSSR count). The fourth-order valence-corrected chi connectivity index (χ4v) is 1.52. The zero-order chi connectivity index (χ0) is 12.1. The normalized spacial score (nSPS) is 12.5. The Bertz CT molecular complexity index is 343. The summed E-state index contributed by atoms with van der Waals surface area (Å²) in [5.74, 6) is 0.673. The van der Waals surface area contributed by atoms with Gasteiger partial charge in [0.25, 0.3) is 0 Å². The van der Waals surface area contributed by atoms with E-state index in [1.54, 1.807) is 12.1 Å². The maximum absolute atomic E-state index is 11.5. The molecule has 0 fully saturated rings. The molecule has 88 valence electrons.